The van der Waals surface area contributed by atoms with Crippen molar-refractivity contribution in [3.05, 3.63) is 47.7 Å². The van der Waals surface area contributed by atoms with Crippen molar-refractivity contribution >= 4 is 22.9 Å². The van der Waals surface area contributed by atoms with Crippen LogP contribution in [0.25, 0.3) is 17.0 Å². The Balaban J connectivity index is 1.41. The minimum atomic E-state index is 0.169. The summed E-state index contributed by atoms with van der Waals surface area (Å²) in [6.07, 6.45) is 7.73. The number of aryl methyl sites for hydroxylation is 3. The van der Waals surface area contributed by atoms with Gasteiger partial charge >= 0.3 is 0 Å². The lowest BCUT2D eigenvalue weighted by molar-refractivity contribution is 0.262. The van der Waals surface area contributed by atoms with E-state index in [2.05, 4.69) is 38.3 Å². The van der Waals surface area contributed by atoms with Crippen molar-refractivity contribution in [1.29, 1.82) is 0 Å². The second kappa shape index (κ2) is 9.99. The average molecular weight is 476 g/mol. The number of hydrogen-bond donors (Lipinski definition) is 2. The maximum absolute atomic E-state index is 9.57. The van der Waals surface area contributed by atoms with Crippen molar-refractivity contribution in [2.45, 2.75) is 65.6 Å². The largest absolute Gasteiger partial charge is 0.396 e. The predicted molar refractivity (Wildman–Crippen MR) is 136 cm³/mol. The van der Waals surface area contributed by atoms with Gasteiger partial charge in [-0.3, -0.25) is 0 Å². The number of nitrogens with zero attached hydrogens (tertiary/aromatic N) is 8. The Bertz CT molecular complexity index is 1290. The Morgan fingerprint density at radius 2 is 2.03 bits per heavy atom. The normalized spacial score (nSPS) is 16.2. The standard InChI is InChI=1S/C25H33N9O/c1-4-32-16-28-22-23(29-25(30-24(22)32)33-11-6-5-7-20(33)10-12-35)27-15-19-8-9-21(26-14-19)34-18(3)13-17(2)31-34/h8-9,13-14,16,20,35H,4-7,10-12,15H2,1-3H3,(H,27,29,30). The minimum absolute atomic E-state index is 0.169. The Morgan fingerprint density at radius 3 is 2.74 bits per heavy atom. The van der Waals surface area contributed by atoms with Crippen LogP contribution in [0.15, 0.2) is 30.7 Å². The zero-order chi connectivity index (χ0) is 24.4. The van der Waals surface area contributed by atoms with E-state index >= 15 is 0 Å². The van der Waals surface area contributed by atoms with Crippen LogP contribution < -0.4 is 10.2 Å². The van der Waals surface area contributed by atoms with Gasteiger partial charge in [0.2, 0.25) is 5.95 Å². The van der Waals surface area contributed by atoms with Gasteiger partial charge in [-0.1, -0.05) is 6.07 Å². The number of anilines is 2. The topological polar surface area (TPSA) is 110 Å². The molecule has 0 spiro atoms. The first-order valence-corrected chi connectivity index (χ1v) is 12.4. The summed E-state index contributed by atoms with van der Waals surface area (Å²) in [6.45, 7) is 8.50. The van der Waals surface area contributed by atoms with Crippen molar-refractivity contribution in [2.24, 2.45) is 0 Å². The number of nitrogens with one attached hydrogen (secondary N) is 1. The molecule has 5 rings (SSSR count). The van der Waals surface area contributed by atoms with Gasteiger partial charge in [0.1, 0.15) is 0 Å². The van der Waals surface area contributed by atoms with Crippen LogP contribution in [0.2, 0.25) is 0 Å². The summed E-state index contributed by atoms with van der Waals surface area (Å²) in [5.41, 5.74) is 4.65. The molecule has 1 atom stereocenters. The van der Waals surface area contributed by atoms with Gasteiger partial charge in [0.25, 0.3) is 0 Å². The fourth-order valence-corrected chi connectivity index (χ4v) is 4.82. The lowest BCUT2D eigenvalue weighted by atomic mass is 10.0. The molecule has 0 saturated carbocycles. The third-order valence-corrected chi connectivity index (χ3v) is 6.63. The molecule has 1 aliphatic heterocycles. The van der Waals surface area contributed by atoms with Crippen LogP contribution in [-0.4, -0.2) is 58.6 Å². The van der Waals surface area contributed by atoms with Crippen LogP contribution in [0.3, 0.4) is 0 Å². The second-order valence-electron chi connectivity index (χ2n) is 9.15. The zero-order valence-corrected chi connectivity index (χ0v) is 20.6. The van der Waals surface area contributed by atoms with E-state index in [0.717, 1.165) is 66.3 Å². The summed E-state index contributed by atoms with van der Waals surface area (Å²) in [5, 5.41) is 17.6. The third-order valence-electron chi connectivity index (χ3n) is 6.63. The van der Waals surface area contributed by atoms with Crippen molar-refractivity contribution < 1.29 is 5.11 Å². The molecule has 1 unspecified atom stereocenters. The molecule has 1 saturated heterocycles. The van der Waals surface area contributed by atoms with Crippen LogP contribution in [0.4, 0.5) is 11.8 Å². The molecular formula is C25H33N9O. The average Bonchev–Trinajstić information content (AvgIpc) is 3.45. The summed E-state index contributed by atoms with van der Waals surface area (Å²) in [7, 11) is 0. The Hall–Kier alpha value is -3.53. The Kier molecular flexibility index (Phi) is 6.63. The number of fused-ring (bicyclic) bond motifs is 1. The molecule has 0 aliphatic carbocycles. The SMILES string of the molecule is CCn1cnc2c(NCc3ccc(-n4nc(C)cc4C)nc3)nc(N3CCCCC3CCO)nc21. The Labute approximate surface area is 205 Å². The smallest absolute Gasteiger partial charge is 0.229 e. The van der Waals surface area contributed by atoms with Crippen LogP contribution in [0, 0.1) is 13.8 Å². The maximum atomic E-state index is 9.57. The zero-order valence-electron chi connectivity index (χ0n) is 20.6. The molecule has 5 heterocycles. The number of hydrogen-bond acceptors (Lipinski definition) is 8. The molecule has 0 bridgehead atoms. The van der Waals surface area contributed by atoms with Gasteiger partial charge in [-0.25, -0.2) is 14.6 Å². The quantitative estimate of drug-likeness (QED) is 0.399. The monoisotopic (exact) mass is 475 g/mol. The van der Waals surface area contributed by atoms with Crippen LogP contribution in [-0.2, 0) is 13.1 Å². The molecule has 35 heavy (non-hydrogen) atoms. The first-order valence-electron chi connectivity index (χ1n) is 12.4. The van der Waals surface area contributed by atoms with E-state index in [1.807, 2.05) is 47.8 Å². The summed E-state index contributed by atoms with van der Waals surface area (Å²) in [5.74, 6) is 2.22. The van der Waals surface area contributed by atoms with E-state index in [1.54, 1.807) is 0 Å². The summed E-state index contributed by atoms with van der Waals surface area (Å²) >= 11 is 0. The van der Waals surface area contributed by atoms with Crippen molar-refractivity contribution in [3.8, 4) is 5.82 Å². The molecule has 184 valence electrons. The lowest BCUT2D eigenvalue weighted by Gasteiger charge is -2.35. The number of aliphatic hydroxyl groups excluding tert-OH is 1. The highest BCUT2D eigenvalue weighted by atomic mass is 16.3. The van der Waals surface area contributed by atoms with Gasteiger partial charge in [-0.15, -0.1) is 0 Å². The molecule has 0 radical (unpaired) electrons. The van der Waals surface area contributed by atoms with Gasteiger partial charge in [0.05, 0.1) is 12.0 Å². The second-order valence-corrected chi connectivity index (χ2v) is 9.15. The van der Waals surface area contributed by atoms with E-state index < -0.39 is 0 Å². The molecule has 10 nitrogen and oxygen atoms in total. The Morgan fingerprint density at radius 1 is 1.14 bits per heavy atom. The van der Waals surface area contributed by atoms with Crippen molar-refractivity contribution in [1.82, 2.24) is 34.3 Å². The highest BCUT2D eigenvalue weighted by molar-refractivity contribution is 5.84. The number of aliphatic hydroxyl groups is 1. The highest BCUT2D eigenvalue weighted by Crippen LogP contribution is 2.28. The third kappa shape index (κ3) is 4.70. The number of pyridine rings is 1. The van der Waals surface area contributed by atoms with E-state index in [4.69, 9.17) is 9.97 Å². The summed E-state index contributed by atoms with van der Waals surface area (Å²) < 4.78 is 3.90. The molecule has 4 aromatic heterocycles. The predicted octanol–water partition coefficient (Wildman–Crippen LogP) is 3.40. The van der Waals surface area contributed by atoms with Gasteiger partial charge in [0.15, 0.2) is 22.8 Å². The highest BCUT2D eigenvalue weighted by Gasteiger charge is 2.26. The molecule has 1 fully saturated rings. The van der Waals surface area contributed by atoms with Crippen molar-refractivity contribution in [3.63, 3.8) is 0 Å². The summed E-state index contributed by atoms with van der Waals surface area (Å²) in [6, 6.07) is 6.33. The van der Waals surface area contributed by atoms with Gasteiger partial charge in [-0.05, 0) is 64.2 Å². The maximum Gasteiger partial charge on any atom is 0.229 e. The molecular weight excluding hydrogens is 442 g/mol. The first-order chi connectivity index (χ1) is 17.1. The van der Waals surface area contributed by atoms with E-state index in [1.165, 1.54) is 6.42 Å². The fraction of sp³-hybridized carbons (Fsp3) is 0.480. The van der Waals surface area contributed by atoms with Gasteiger partial charge < -0.3 is 19.9 Å². The van der Waals surface area contributed by atoms with Gasteiger partial charge in [0, 0.05) is 44.2 Å². The van der Waals surface area contributed by atoms with E-state index in [-0.39, 0.29) is 12.6 Å². The van der Waals surface area contributed by atoms with Gasteiger partial charge in [-0.2, -0.15) is 15.1 Å². The number of rotatable bonds is 8. The molecule has 4 aromatic rings. The van der Waals surface area contributed by atoms with Crippen LogP contribution >= 0.6 is 0 Å². The molecule has 0 amide bonds. The fourth-order valence-electron chi connectivity index (χ4n) is 4.82. The summed E-state index contributed by atoms with van der Waals surface area (Å²) in [4.78, 5) is 21.3. The first kappa shape index (κ1) is 23.2. The molecule has 1 aliphatic rings. The number of piperidine rings is 1. The number of aromatic nitrogens is 7. The van der Waals surface area contributed by atoms with Crippen LogP contribution in [0.1, 0.15) is 49.6 Å². The van der Waals surface area contributed by atoms with Crippen molar-refractivity contribution in [2.75, 3.05) is 23.4 Å². The molecule has 10 heteroatoms. The lowest BCUT2D eigenvalue weighted by Crippen LogP contribution is -2.41. The molecule has 0 aromatic carbocycles. The van der Waals surface area contributed by atoms with Crippen LogP contribution in [0.5, 0.6) is 0 Å². The number of imidazole rings is 1. The van der Waals surface area contributed by atoms with E-state index in [0.29, 0.717) is 18.3 Å². The molecule has 2 N–H and O–H groups in total. The minimum Gasteiger partial charge on any atom is -0.396 e. The van der Waals surface area contributed by atoms with E-state index in [9.17, 15) is 5.11 Å².